The third-order valence-electron chi connectivity index (χ3n) is 7.61. The van der Waals surface area contributed by atoms with Crippen LogP contribution in [0.4, 0.5) is 0 Å². The molecule has 6 heteroatoms. The molecule has 2 aliphatic heterocycles. The third-order valence-corrected chi connectivity index (χ3v) is 7.61. The molecule has 0 aromatic heterocycles. The summed E-state index contributed by atoms with van der Waals surface area (Å²) in [5.41, 5.74) is 1.82. The number of fused-ring (bicyclic) bond motifs is 2. The van der Waals surface area contributed by atoms with E-state index in [-0.39, 0.29) is 17.8 Å². The SMILES string of the molecule is CC(=O)OC1(c2ccc(C3(C(=O)N4CCC5(C4)OC(=O)c4ccccc45)CC3)cc2)CC1. The van der Waals surface area contributed by atoms with Crippen LogP contribution in [0.5, 0.6) is 0 Å². The van der Waals surface area contributed by atoms with Gasteiger partial charge in [0.05, 0.1) is 17.5 Å². The van der Waals surface area contributed by atoms with Crippen LogP contribution in [0, 0.1) is 0 Å². The molecule has 2 aromatic carbocycles. The quantitative estimate of drug-likeness (QED) is 0.692. The molecule has 6 rings (SSSR count). The zero-order valence-corrected chi connectivity index (χ0v) is 18.1. The van der Waals surface area contributed by atoms with E-state index in [1.54, 1.807) is 6.07 Å². The number of carbonyl (C=O) groups excluding carboxylic acids is 3. The summed E-state index contributed by atoms with van der Waals surface area (Å²) < 4.78 is 11.4. The van der Waals surface area contributed by atoms with E-state index < -0.39 is 16.6 Å². The Morgan fingerprint density at radius 2 is 1.62 bits per heavy atom. The zero-order valence-electron chi connectivity index (χ0n) is 18.1. The van der Waals surface area contributed by atoms with E-state index in [9.17, 15) is 14.4 Å². The van der Waals surface area contributed by atoms with Crippen LogP contribution in [0.15, 0.2) is 48.5 Å². The molecule has 6 nitrogen and oxygen atoms in total. The summed E-state index contributed by atoms with van der Waals surface area (Å²) in [7, 11) is 0. The second kappa shape index (κ2) is 6.44. The van der Waals surface area contributed by atoms with Crippen LogP contribution in [0.25, 0.3) is 0 Å². The van der Waals surface area contributed by atoms with Gasteiger partial charge < -0.3 is 14.4 Å². The van der Waals surface area contributed by atoms with Crippen LogP contribution in [0.3, 0.4) is 0 Å². The van der Waals surface area contributed by atoms with E-state index in [1.807, 2.05) is 47.4 Å². The Morgan fingerprint density at radius 3 is 2.28 bits per heavy atom. The molecule has 164 valence electrons. The van der Waals surface area contributed by atoms with Gasteiger partial charge in [-0.15, -0.1) is 0 Å². The van der Waals surface area contributed by atoms with Gasteiger partial charge in [-0.1, -0.05) is 42.5 Å². The van der Waals surface area contributed by atoms with E-state index in [0.29, 0.717) is 25.1 Å². The first-order chi connectivity index (χ1) is 15.4. The molecule has 2 aromatic rings. The summed E-state index contributed by atoms with van der Waals surface area (Å²) in [5, 5.41) is 0. The maximum atomic E-state index is 13.6. The van der Waals surface area contributed by atoms with Crippen molar-refractivity contribution in [3.8, 4) is 0 Å². The second-order valence-corrected chi connectivity index (χ2v) is 9.65. The lowest BCUT2D eigenvalue weighted by Gasteiger charge is -2.27. The lowest BCUT2D eigenvalue weighted by molar-refractivity contribution is -0.149. The highest BCUT2D eigenvalue weighted by atomic mass is 16.6. The van der Waals surface area contributed by atoms with E-state index in [2.05, 4.69) is 0 Å². The summed E-state index contributed by atoms with van der Waals surface area (Å²) in [6.07, 6.45) is 3.94. The van der Waals surface area contributed by atoms with Gasteiger partial charge in [-0.25, -0.2) is 4.79 Å². The zero-order chi connectivity index (χ0) is 22.1. The molecule has 0 bridgehead atoms. The number of hydrogen-bond acceptors (Lipinski definition) is 5. The van der Waals surface area contributed by atoms with Crippen LogP contribution >= 0.6 is 0 Å². The summed E-state index contributed by atoms with van der Waals surface area (Å²) in [5.74, 6) is -0.449. The minimum Gasteiger partial charge on any atom is -0.454 e. The summed E-state index contributed by atoms with van der Waals surface area (Å²) in [4.78, 5) is 39.3. The molecule has 1 unspecified atom stereocenters. The highest BCUT2D eigenvalue weighted by molar-refractivity contribution is 5.96. The first-order valence-electron chi connectivity index (χ1n) is 11.3. The van der Waals surface area contributed by atoms with Gasteiger partial charge in [-0.05, 0) is 42.9 Å². The van der Waals surface area contributed by atoms with E-state index >= 15 is 0 Å². The minimum atomic E-state index is -0.717. The molecule has 1 spiro atoms. The second-order valence-electron chi connectivity index (χ2n) is 9.65. The highest BCUT2D eigenvalue weighted by Crippen LogP contribution is 2.53. The molecular weight excluding hydrogens is 406 g/mol. The first-order valence-corrected chi connectivity index (χ1v) is 11.3. The van der Waals surface area contributed by atoms with Crippen molar-refractivity contribution in [2.75, 3.05) is 13.1 Å². The fraction of sp³-hybridized carbons (Fsp3) is 0.423. The van der Waals surface area contributed by atoms with Crippen molar-refractivity contribution in [2.24, 2.45) is 0 Å². The first kappa shape index (κ1) is 19.5. The molecular formula is C26H25NO5. The van der Waals surface area contributed by atoms with Gasteiger partial charge in [0.2, 0.25) is 5.91 Å². The van der Waals surface area contributed by atoms with Crippen LogP contribution in [-0.2, 0) is 35.7 Å². The number of hydrogen-bond donors (Lipinski definition) is 0. The number of rotatable bonds is 4. The Hall–Kier alpha value is -3.15. The minimum absolute atomic E-state index is 0.115. The predicted molar refractivity (Wildman–Crippen MR) is 115 cm³/mol. The van der Waals surface area contributed by atoms with Crippen molar-refractivity contribution >= 4 is 17.8 Å². The van der Waals surface area contributed by atoms with Crippen molar-refractivity contribution in [1.82, 2.24) is 4.90 Å². The molecule has 1 saturated heterocycles. The van der Waals surface area contributed by atoms with Gasteiger partial charge in [0.1, 0.15) is 5.60 Å². The van der Waals surface area contributed by atoms with E-state index in [0.717, 1.165) is 42.4 Å². The molecule has 4 aliphatic rings. The van der Waals surface area contributed by atoms with Gasteiger partial charge in [0.15, 0.2) is 5.60 Å². The normalized spacial score (nSPS) is 25.9. The van der Waals surface area contributed by atoms with E-state index in [1.165, 1.54) is 6.92 Å². The molecule has 1 atom stereocenters. The van der Waals surface area contributed by atoms with Crippen molar-refractivity contribution in [3.05, 3.63) is 70.8 Å². The molecule has 2 heterocycles. The smallest absolute Gasteiger partial charge is 0.339 e. The van der Waals surface area contributed by atoms with Crippen LogP contribution in [-0.4, -0.2) is 35.8 Å². The Balaban J connectivity index is 1.22. The fourth-order valence-corrected chi connectivity index (χ4v) is 5.59. The summed E-state index contributed by atoms with van der Waals surface area (Å²) >= 11 is 0. The van der Waals surface area contributed by atoms with Gasteiger partial charge in [-0.2, -0.15) is 0 Å². The van der Waals surface area contributed by atoms with Gasteiger partial charge in [0, 0.05) is 25.5 Å². The Kier molecular flexibility index (Phi) is 3.93. The summed E-state index contributed by atoms with van der Waals surface area (Å²) in [6, 6.07) is 15.5. The molecule has 1 amide bonds. The van der Waals surface area contributed by atoms with Crippen molar-refractivity contribution in [1.29, 1.82) is 0 Å². The van der Waals surface area contributed by atoms with Gasteiger partial charge in [-0.3, -0.25) is 9.59 Å². The predicted octanol–water partition coefficient (Wildman–Crippen LogP) is 3.57. The third kappa shape index (κ3) is 2.74. The Morgan fingerprint density at radius 1 is 0.938 bits per heavy atom. The van der Waals surface area contributed by atoms with E-state index in [4.69, 9.17) is 9.47 Å². The van der Waals surface area contributed by atoms with Gasteiger partial charge in [0.25, 0.3) is 0 Å². The molecule has 3 fully saturated rings. The van der Waals surface area contributed by atoms with Crippen molar-refractivity contribution < 1.29 is 23.9 Å². The topological polar surface area (TPSA) is 72.9 Å². The molecule has 2 aliphatic carbocycles. The van der Waals surface area contributed by atoms with Crippen molar-refractivity contribution in [2.45, 2.75) is 55.6 Å². The fourth-order valence-electron chi connectivity index (χ4n) is 5.59. The monoisotopic (exact) mass is 431 g/mol. The maximum absolute atomic E-state index is 13.6. The van der Waals surface area contributed by atoms with Crippen LogP contribution in [0.2, 0.25) is 0 Å². The number of ether oxygens (including phenoxy) is 2. The lowest BCUT2D eigenvalue weighted by Crippen LogP contribution is -2.40. The van der Waals surface area contributed by atoms with Gasteiger partial charge >= 0.3 is 11.9 Å². The largest absolute Gasteiger partial charge is 0.454 e. The van der Waals surface area contributed by atoms with Crippen molar-refractivity contribution in [3.63, 3.8) is 0 Å². The maximum Gasteiger partial charge on any atom is 0.339 e. The number of benzene rings is 2. The molecule has 0 N–H and O–H groups in total. The summed E-state index contributed by atoms with van der Waals surface area (Å²) in [6.45, 7) is 2.43. The van der Waals surface area contributed by atoms with Crippen LogP contribution in [0.1, 0.15) is 66.1 Å². The van der Waals surface area contributed by atoms with Crippen LogP contribution < -0.4 is 0 Å². The standard InChI is InChI=1S/C26H25NO5/c1-17(28)31-25(12-13-25)19-8-6-18(7-9-19)24(10-11-24)23(30)27-15-14-26(16-27)21-5-3-2-4-20(21)22(29)32-26/h2-9H,10-16H2,1H3. The Labute approximate surface area is 186 Å². The average molecular weight is 431 g/mol. The number of esters is 2. The number of amides is 1. The Bertz CT molecular complexity index is 1150. The molecule has 32 heavy (non-hydrogen) atoms. The number of nitrogens with zero attached hydrogens (tertiary/aromatic N) is 1. The number of likely N-dealkylation sites (tertiary alicyclic amines) is 1. The lowest BCUT2D eigenvalue weighted by atomic mass is 9.91. The number of carbonyl (C=O) groups is 3. The molecule has 0 radical (unpaired) electrons. The average Bonchev–Trinajstić information content (AvgIpc) is 3.70. The highest BCUT2D eigenvalue weighted by Gasteiger charge is 2.58. The molecule has 2 saturated carbocycles.